The summed E-state index contributed by atoms with van der Waals surface area (Å²) in [6, 6.07) is 5.32. The molecule has 1 aromatic rings. The van der Waals surface area contributed by atoms with E-state index in [1.165, 1.54) is 0 Å². The van der Waals surface area contributed by atoms with Gasteiger partial charge in [0.2, 0.25) is 5.91 Å². The molecule has 1 aliphatic carbocycles. The Morgan fingerprint density at radius 3 is 2.68 bits per heavy atom. The Balaban J connectivity index is 2.26. The second kappa shape index (κ2) is 5.61. The van der Waals surface area contributed by atoms with Crippen LogP contribution in [0.3, 0.4) is 0 Å². The number of rotatable bonds is 5. The topological polar surface area (TPSA) is 57.6 Å². The van der Waals surface area contributed by atoms with E-state index in [1.54, 1.807) is 17.0 Å². The standard InChI is InChI=1S/C14H16ClNO3/c1-9-2-5-11(15)8-12(9)16(7-6-13(17)18)14(19)10-3-4-10/h2,5,8,10H,3-4,6-7H2,1H3,(H,17,18). The van der Waals surface area contributed by atoms with Gasteiger partial charge in [0.05, 0.1) is 6.42 Å². The average molecular weight is 282 g/mol. The molecule has 0 aliphatic heterocycles. The lowest BCUT2D eigenvalue weighted by molar-refractivity contribution is -0.136. The molecule has 4 nitrogen and oxygen atoms in total. The predicted molar refractivity (Wildman–Crippen MR) is 73.5 cm³/mol. The molecule has 1 aromatic carbocycles. The number of carboxylic acids is 1. The van der Waals surface area contributed by atoms with Gasteiger partial charge in [0.25, 0.3) is 0 Å². The summed E-state index contributed by atoms with van der Waals surface area (Å²) in [5.41, 5.74) is 1.63. The van der Waals surface area contributed by atoms with Crippen molar-refractivity contribution in [3.05, 3.63) is 28.8 Å². The van der Waals surface area contributed by atoms with Crippen molar-refractivity contribution >= 4 is 29.2 Å². The van der Waals surface area contributed by atoms with Crippen molar-refractivity contribution in [2.75, 3.05) is 11.4 Å². The third-order valence-corrected chi connectivity index (χ3v) is 3.44. The Morgan fingerprint density at radius 2 is 2.11 bits per heavy atom. The smallest absolute Gasteiger partial charge is 0.305 e. The highest BCUT2D eigenvalue weighted by atomic mass is 35.5. The average Bonchev–Trinajstić information content (AvgIpc) is 3.17. The number of carbonyl (C=O) groups excluding carboxylic acids is 1. The number of hydrogen-bond donors (Lipinski definition) is 1. The molecule has 0 atom stereocenters. The molecule has 19 heavy (non-hydrogen) atoms. The zero-order valence-electron chi connectivity index (χ0n) is 10.7. The predicted octanol–water partition coefficient (Wildman–Crippen LogP) is 2.87. The Morgan fingerprint density at radius 1 is 1.42 bits per heavy atom. The van der Waals surface area contributed by atoms with E-state index in [0.29, 0.717) is 10.7 Å². The molecule has 0 heterocycles. The van der Waals surface area contributed by atoms with Crippen LogP contribution < -0.4 is 4.90 Å². The molecule has 0 bridgehead atoms. The lowest BCUT2D eigenvalue weighted by Crippen LogP contribution is -2.34. The summed E-state index contributed by atoms with van der Waals surface area (Å²) in [4.78, 5) is 24.6. The van der Waals surface area contributed by atoms with Crippen molar-refractivity contribution in [3.8, 4) is 0 Å². The van der Waals surface area contributed by atoms with E-state index in [-0.39, 0.29) is 24.8 Å². The molecule has 0 aromatic heterocycles. The number of anilines is 1. The fourth-order valence-electron chi connectivity index (χ4n) is 1.98. The maximum atomic E-state index is 12.3. The van der Waals surface area contributed by atoms with Crippen molar-refractivity contribution < 1.29 is 14.7 Å². The van der Waals surface area contributed by atoms with Gasteiger partial charge in [0, 0.05) is 23.2 Å². The van der Waals surface area contributed by atoms with Gasteiger partial charge in [-0.05, 0) is 37.5 Å². The Kier molecular flexibility index (Phi) is 4.10. The third kappa shape index (κ3) is 3.47. The number of amides is 1. The van der Waals surface area contributed by atoms with E-state index in [0.717, 1.165) is 18.4 Å². The normalized spacial score (nSPS) is 14.2. The van der Waals surface area contributed by atoms with Crippen LogP contribution in [0.5, 0.6) is 0 Å². The molecule has 1 N–H and O–H groups in total. The first-order valence-corrected chi connectivity index (χ1v) is 6.66. The first kappa shape index (κ1) is 13.9. The van der Waals surface area contributed by atoms with Gasteiger partial charge in [-0.15, -0.1) is 0 Å². The minimum atomic E-state index is -0.909. The quantitative estimate of drug-likeness (QED) is 0.903. The second-order valence-electron chi connectivity index (χ2n) is 4.84. The van der Waals surface area contributed by atoms with Crippen molar-refractivity contribution in [1.82, 2.24) is 0 Å². The molecule has 102 valence electrons. The van der Waals surface area contributed by atoms with Crippen LogP contribution in [0, 0.1) is 12.8 Å². The highest BCUT2D eigenvalue weighted by Crippen LogP contribution is 2.34. The number of aryl methyl sites for hydroxylation is 1. The van der Waals surface area contributed by atoms with Gasteiger partial charge in [-0.1, -0.05) is 17.7 Å². The van der Waals surface area contributed by atoms with Gasteiger partial charge in [-0.3, -0.25) is 9.59 Å². The summed E-state index contributed by atoms with van der Waals surface area (Å²) in [5.74, 6) is -0.855. The number of hydrogen-bond acceptors (Lipinski definition) is 2. The van der Waals surface area contributed by atoms with Crippen molar-refractivity contribution in [1.29, 1.82) is 0 Å². The molecule has 2 rings (SSSR count). The van der Waals surface area contributed by atoms with Gasteiger partial charge < -0.3 is 10.0 Å². The van der Waals surface area contributed by atoms with Crippen LogP contribution >= 0.6 is 11.6 Å². The summed E-state index contributed by atoms with van der Waals surface area (Å²) < 4.78 is 0. The molecular formula is C14H16ClNO3. The van der Waals surface area contributed by atoms with Crippen LogP contribution in [-0.2, 0) is 9.59 Å². The van der Waals surface area contributed by atoms with Gasteiger partial charge in [-0.25, -0.2) is 0 Å². The van der Waals surface area contributed by atoms with E-state index in [2.05, 4.69) is 0 Å². The van der Waals surface area contributed by atoms with Crippen molar-refractivity contribution in [2.24, 2.45) is 5.92 Å². The SMILES string of the molecule is Cc1ccc(Cl)cc1N(CCC(=O)O)C(=O)C1CC1. The fourth-order valence-corrected chi connectivity index (χ4v) is 2.15. The molecule has 1 fully saturated rings. The number of carboxylic acid groups (broad SMARTS) is 1. The Hall–Kier alpha value is -1.55. The van der Waals surface area contributed by atoms with E-state index in [4.69, 9.17) is 16.7 Å². The summed E-state index contributed by atoms with van der Waals surface area (Å²) in [6.45, 7) is 2.07. The Bertz CT molecular complexity index is 511. The molecule has 0 unspecified atom stereocenters. The van der Waals surface area contributed by atoms with Gasteiger partial charge >= 0.3 is 5.97 Å². The maximum Gasteiger partial charge on any atom is 0.305 e. The summed E-state index contributed by atoms with van der Waals surface area (Å²) in [7, 11) is 0. The van der Waals surface area contributed by atoms with Crippen LogP contribution in [-0.4, -0.2) is 23.5 Å². The van der Waals surface area contributed by atoms with Crippen LogP contribution in [0.15, 0.2) is 18.2 Å². The number of halogens is 1. The minimum absolute atomic E-state index is 0.00613. The zero-order chi connectivity index (χ0) is 14.0. The first-order valence-electron chi connectivity index (χ1n) is 6.28. The number of benzene rings is 1. The highest BCUT2D eigenvalue weighted by molar-refractivity contribution is 6.31. The zero-order valence-corrected chi connectivity index (χ0v) is 11.5. The Labute approximate surface area is 117 Å². The van der Waals surface area contributed by atoms with Crippen LogP contribution in [0.4, 0.5) is 5.69 Å². The van der Waals surface area contributed by atoms with Gasteiger partial charge in [-0.2, -0.15) is 0 Å². The lowest BCUT2D eigenvalue weighted by Gasteiger charge is -2.24. The lowest BCUT2D eigenvalue weighted by atomic mass is 10.1. The minimum Gasteiger partial charge on any atom is -0.481 e. The number of nitrogens with zero attached hydrogens (tertiary/aromatic N) is 1. The summed E-state index contributed by atoms with van der Waals surface area (Å²) in [6.07, 6.45) is 1.72. The highest BCUT2D eigenvalue weighted by Gasteiger charge is 2.34. The molecule has 0 spiro atoms. The molecule has 0 saturated heterocycles. The first-order chi connectivity index (χ1) is 8.99. The van der Waals surface area contributed by atoms with Crippen molar-refractivity contribution in [2.45, 2.75) is 26.2 Å². The summed E-state index contributed by atoms with van der Waals surface area (Å²) in [5, 5.41) is 9.35. The molecule has 1 aliphatic rings. The van der Waals surface area contributed by atoms with Crippen LogP contribution in [0.25, 0.3) is 0 Å². The summed E-state index contributed by atoms with van der Waals surface area (Å²) >= 11 is 5.97. The molecule has 1 saturated carbocycles. The largest absolute Gasteiger partial charge is 0.481 e. The van der Waals surface area contributed by atoms with E-state index < -0.39 is 5.97 Å². The number of carbonyl (C=O) groups is 2. The monoisotopic (exact) mass is 281 g/mol. The van der Waals surface area contributed by atoms with Gasteiger partial charge in [0.1, 0.15) is 0 Å². The molecular weight excluding hydrogens is 266 g/mol. The van der Waals surface area contributed by atoms with Crippen LogP contribution in [0.1, 0.15) is 24.8 Å². The second-order valence-corrected chi connectivity index (χ2v) is 5.28. The van der Waals surface area contributed by atoms with Crippen LogP contribution in [0.2, 0.25) is 5.02 Å². The molecule has 0 radical (unpaired) electrons. The number of aliphatic carboxylic acids is 1. The maximum absolute atomic E-state index is 12.3. The molecule has 1 amide bonds. The van der Waals surface area contributed by atoms with Gasteiger partial charge in [0.15, 0.2) is 0 Å². The van der Waals surface area contributed by atoms with E-state index in [9.17, 15) is 9.59 Å². The van der Waals surface area contributed by atoms with E-state index >= 15 is 0 Å². The third-order valence-electron chi connectivity index (χ3n) is 3.20. The van der Waals surface area contributed by atoms with Crippen molar-refractivity contribution in [3.63, 3.8) is 0 Å². The van der Waals surface area contributed by atoms with E-state index in [1.807, 2.05) is 13.0 Å². The molecule has 5 heteroatoms. The fraction of sp³-hybridized carbons (Fsp3) is 0.429.